The fourth-order valence-corrected chi connectivity index (χ4v) is 4.83. The van der Waals surface area contributed by atoms with Crippen molar-refractivity contribution in [2.45, 2.75) is 43.9 Å². The zero-order chi connectivity index (χ0) is 20.7. The molecule has 5 rings (SSSR count). The first-order valence-corrected chi connectivity index (χ1v) is 10.8. The monoisotopic (exact) mass is 425 g/mol. The fraction of sp³-hybridized carbons (Fsp3) is 0.409. The van der Waals surface area contributed by atoms with Crippen LogP contribution in [0.4, 0.5) is 5.82 Å². The molecular weight excluding hydrogens is 402 g/mol. The van der Waals surface area contributed by atoms with E-state index in [1.165, 1.54) is 6.33 Å². The first kappa shape index (κ1) is 19.5. The lowest BCUT2D eigenvalue weighted by atomic mass is 9.88. The first-order chi connectivity index (χ1) is 14.6. The molecule has 0 radical (unpaired) electrons. The normalized spacial score (nSPS) is 22.7. The van der Waals surface area contributed by atoms with Crippen LogP contribution < -0.4 is 5.32 Å². The maximum Gasteiger partial charge on any atom is 0.196 e. The molecular formula is C22H24ClN5O2. The van der Waals surface area contributed by atoms with Crippen LogP contribution in [0, 0.1) is 0 Å². The summed E-state index contributed by atoms with van der Waals surface area (Å²) in [6, 6.07) is 7.91. The van der Waals surface area contributed by atoms with Gasteiger partial charge in [-0.1, -0.05) is 23.7 Å². The van der Waals surface area contributed by atoms with Gasteiger partial charge in [-0.05, 0) is 37.8 Å². The van der Waals surface area contributed by atoms with Gasteiger partial charge >= 0.3 is 0 Å². The number of carbonyl (C=O) groups excluding carboxylic acids is 1. The van der Waals surface area contributed by atoms with Crippen molar-refractivity contribution in [1.29, 1.82) is 0 Å². The maximum absolute atomic E-state index is 13.2. The number of benzene rings is 1. The lowest BCUT2D eigenvalue weighted by Gasteiger charge is -2.44. The molecule has 0 amide bonds. The molecule has 0 atom stereocenters. The molecule has 3 aromatic rings. The number of ketones is 1. The van der Waals surface area contributed by atoms with E-state index in [0.29, 0.717) is 45.1 Å². The van der Waals surface area contributed by atoms with Crippen LogP contribution in [0.5, 0.6) is 0 Å². The Kier molecular flexibility index (Phi) is 5.18. The van der Waals surface area contributed by atoms with Crippen molar-refractivity contribution in [2.24, 2.45) is 0 Å². The Bertz CT molecular complexity index is 1070. The van der Waals surface area contributed by atoms with Crippen molar-refractivity contribution in [3.63, 3.8) is 0 Å². The molecule has 3 N–H and O–H groups in total. The third-order valence-electron chi connectivity index (χ3n) is 6.28. The Balaban J connectivity index is 1.36. The van der Waals surface area contributed by atoms with E-state index in [-0.39, 0.29) is 11.9 Å². The van der Waals surface area contributed by atoms with Gasteiger partial charge in [0.2, 0.25) is 0 Å². The minimum Gasteiger partial charge on any atom is -0.390 e. The molecule has 1 aromatic carbocycles. The van der Waals surface area contributed by atoms with Gasteiger partial charge in [0.05, 0.1) is 22.1 Å². The number of H-pyrrole nitrogens is 1. The lowest BCUT2D eigenvalue weighted by Crippen LogP contribution is -2.56. The number of hydrogen-bond donors (Lipinski definition) is 3. The van der Waals surface area contributed by atoms with E-state index in [1.807, 2.05) is 6.07 Å². The van der Waals surface area contributed by atoms with Crippen LogP contribution in [0.2, 0.25) is 5.02 Å². The molecule has 2 fully saturated rings. The summed E-state index contributed by atoms with van der Waals surface area (Å²) in [6.45, 7) is 1.60. The van der Waals surface area contributed by atoms with E-state index in [4.69, 9.17) is 11.6 Å². The number of aliphatic hydroxyl groups is 1. The number of anilines is 1. The minimum atomic E-state index is -0.155. The van der Waals surface area contributed by atoms with Crippen LogP contribution in [-0.2, 0) is 0 Å². The second kappa shape index (κ2) is 7.98. The number of nitrogens with zero attached hydrogens (tertiary/aromatic N) is 3. The second-order valence-electron chi connectivity index (χ2n) is 8.21. The Morgan fingerprint density at radius 2 is 1.90 bits per heavy atom. The summed E-state index contributed by atoms with van der Waals surface area (Å²) < 4.78 is 0. The molecule has 1 saturated heterocycles. The van der Waals surface area contributed by atoms with Crippen LogP contribution in [0.3, 0.4) is 0 Å². The van der Waals surface area contributed by atoms with E-state index >= 15 is 0 Å². The average Bonchev–Trinajstić information content (AvgIpc) is 3.17. The highest BCUT2D eigenvalue weighted by atomic mass is 35.5. The molecule has 0 bridgehead atoms. The van der Waals surface area contributed by atoms with E-state index in [1.54, 1.807) is 24.4 Å². The maximum atomic E-state index is 13.2. The third kappa shape index (κ3) is 3.57. The molecule has 2 aromatic heterocycles. The number of aliphatic hydroxyl groups excluding tert-OH is 1. The molecule has 3 heterocycles. The van der Waals surface area contributed by atoms with Gasteiger partial charge in [0.15, 0.2) is 5.78 Å². The number of rotatable bonds is 5. The lowest BCUT2D eigenvalue weighted by molar-refractivity contribution is -0.0337. The summed E-state index contributed by atoms with van der Waals surface area (Å²) >= 11 is 6.25. The predicted molar refractivity (Wildman–Crippen MR) is 116 cm³/mol. The minimum absolute atomic E-state index is 0.148. The number of halogens is 1. The third-order valence-corrected chi connectivity index (χ3v) is 6.61. The van der Waals surface area contributed by atoms with Gasteiger partial charge in [0, 0.05) is 36.9 Å². The van der Waals surface area contributed by atoms with Gasteiger partial charge in [-0.25, -0.2) is 9.97 Å². The number of aromatic amines is 1. The van der Waals surface area contributed by atoms with Crippen molar-refractivity contribution in [1.82, 2.24) is 19.9 Å². The van der Waals surface area contributed by atoms with Crippen molar-refractivity contribution in [3.05, 3.63) is 52.9 Å². The summed E-state index contributed by atoms with van der Waals surface area (Å²) in [5.74, 6) is 0.532. The number of hydrogen-bond acceptors (Lipinski definition) is 6. The quantitative estimate of drug-likeness (QED) is 0.543. The molecule has 156 valence electrons. The highest BCUT2D eigenvalue weighted by molar-refractivity contribution is 6.35. The van der Waals surface area contributed by atoms with Crippen molar-refractivity contribution in [2.75, 3.05) is 18.4 Å². The van der Waals surface area contributed by atoms with Crippen LogP contribution in [0.15, 0.2) is 36.8 Å². The molecule has 0 spiro atoms. The summed E-state index contributed by atoms with van der Waals surface area (Å²) in [7, 11) is 0. The van der Waals surface area contributed by atoms with Crippen LogP contribution >= 0.6 is 11.6 Å². The molecule has 2 aliphatic rings. The van der Waals surface area contributed by atoms with E-state index in [0.717, 1.165) is 38.8 Å². The van der Waals surface area contributed by atoms with E-state index in [9.17, 15) is 9.90 Å². The van der Waals surface area contributed by atoms with Crippen molar-refractivity contribution in [3.8, 4) is 0 Å². The Morgan fingerprint density at radius 3 is 2.63 bits per heavy atom. The largest absolute Gasteiger partial charge is 0.390 e. The molecule has 7 nitrogen and oxygen atoms in total. The van der Waals surface area contributed by atoms with Gasteiger partial charge < -0.3 is 15.4 Å². The smallest absolute Gasteiger partial charge is 0.196 e. The zero-order valence-electron chi connectivity index (χ0n) is 16.5. The van der Waals surface area contributed by atoms with E-state index in [2.05, 4.69) is 25.2 Å². The Hall–Kier alpha value is -2.48. The number of β-amino-alcohol motifs (C(OH)–C–C–N with tert-alkyl or cyclic N) is 1. The zero-order valence-corrected chi connectivity index (χ0v) is 17.3. The second-order valence-corrected chi connectivity index (χ2v) is 8.62. The van der Waals surface area contributed by atoms with Gasteiger partial charge in [-0.2, -0.15) is 0 Å². The van der Waals surface area contributed by atoms with Gasteiger partial charge in [0.1, 0.15) is 17.8 Å². The SMILES string of the molecule is O=C(c1ccccc1Cl)c1c[nH]c2ncnc(NC3CCC(N4CC(O)C4)CC3)c12. The number of nitrogens with one attached hydrogen (secondary N) is 2. The molecule has 30 heavy (non-hydrogen) atoms. The summed E-state index contributed by atoms with van der Waals surface area (Å²) in [4.78, 5) is 27.4. The Morgan fingerprint density at radius 1 is 1.13 bits per heavy atom. The molecule has 0 unspecified atom stereocenters. The van der Waals surface area contributed by atoms with Crippen LogP contribution in [0.1, 0.15) is 41.6 Å². The molecule has 1 aliphatic carbocycles. The molecule has 1 aliphatic heterocycles. The number of carbonyl (C=O) groups is 1. The summed E-state index contributed by atoms with van der Waals surface area (Å²) in [5, 5.41) is 14.2. The van der Waals surface area contributed by atoms with Crippen molar-refractivity contribution >= 4 is 34.2 Å². The predicted octanol–water partition coefficient (Wildman–Crippen LogP) is 3.24. The first-order valence-electron chi connectivity index (χ1n) is 10.4. The Labute approximate surface area is 179 Å². The highest BCUT2D eigenvalue weighted by Crippen LogP contribution is 2.31. The van der Waals surface area contributed by atoms with Gasteiger partial charge in [-0.15, -0.1) is 0 Å². The summed E-state index contributed by atoms with van der Waals surface area (Å²) in [5.41, 5.74) is 1.61. The number of fused-ring (bicyclic) bond motifs is 1. The van der Waals surface area contributed by atoms with Gasteiger partial charge in [-0.3, -0.25) is 9.69 Å². The molecule has 8 heteroatoms. The van der Waals surface area contributed by atoms with Crippen molar-refractivity contribution < 1.29 is 9.90 Å². The van der Waals surface area contributed by atoms with Crippen LogP contribution in [0.25, 0.3) is 11.0 Å². The van der Waals surface area contributed by atoms with Crippen LogP contribution in [-0.4, -0.2) is 62.0 Å². The standard InChI is InChI=1S/C22H24ClN5O2/c23-18-4-2-1-3-16(18)20(30)17-9-24-21-19(17)22(26-12-25-21)27-13-5-7-14(8-6-13)28-10-15(29)11-28/h1-4,9,12-15,29H,5-8,10-11H2,(H2,24,25,26,27). The van der Waals surface area contributed by atoms with Gasteiger partial charge in [0.25, 0.3) is 0 Å². The fourth-order valence-electron chi connectivity index (χ4n) is 4.61. The number of aromatic nitrogens is 3. The summed E-state index contributed by atoms with van der Waals surface area (Å²) in [6.07, 6.45) is 7.29. The number of likely N-dealkylation sites (tertiary alicyclic amines) is 1. The highest BCUT2D eigenvalue weighted by Gasteiger charge is 2.33. The average molecular weight is 426 g/mol. The molecule has 1 saturated carbocycles. The van der Waals surface area contributed by atoms with E-state index < -0.39 is 0 Å². The topological polar surface area (TPSA) is 94.1 Å².